The van der Waals surface area contributed by atoms with E-state index in [1.54, 1.807) is 11.3 Å². The summed E-state index contributed by atoms with van der Waals surface area (Å²) >= 11 is 4.10. The van der Waals surface area contributed by atoms with Crippen LogP contribution in [0.25, 0.3) is 0 Å². The molecule has 0 radical (unpaired) electrons. The molecule has 2 rings (SSSR count). The molecule has 0 N–H and O–H groups in total. The molecule has 0 saturated heterocycles. The lowest BCUT2D eigenvalue weighted by molar-refractivity contribution is 0.319. The van der Waals surface area contributed by atoms with Crippen molar-refractivity contribution in [3.8, 4) is 0 Å². The molecule has 0 amide bonds. The van der Waals surface area contributed by atoms with E-state index in [1.807, 2.05) is 0 Å². The van der Waals surface area contributed by atoms with Gasteiger partial charge in [-0.1, -0.05) is 12.1 Å². The Morgan fingerprint density at radius 1 is 1.06 bits per heavy atom. The third-order valence-electron chi connectivity index (χ3n) is 2.40. The predicted molar refractivity (Wildman–Crippen MR) is 78.6 cm³/mol. The van der Waals surface area contributed by atoms with E-state index in [1.165, 1.54) is 14.7 Å². The highest BCUT2D eigenvalue weighted by Crippen LogP contribution is 2.12. The quantitative estimate of drug-likeness (QED) is 0.759. The Bertz CT molecular complexity index is 422. The van der Waals surface area contributed by atoms with Crippen molar-refractivity contribution in [1.29, 1.82) is 0 Å². The van der Waals surface area contributed by atoms with Crippen molar-refractivity contribution >= 4 is 33.9 Å². The van der Waals surface area contributed by atoms with Gasteiger partial charge in [0.2, 0.25) is 0 Å². The second-order valence-electron chi connectivity index (χ2n) is 3.93. The number of thiophene rings is 1. The van der Waals surface area contributed by atoms with Crippen LogP contribution in [0.3, 0.4) is 0 Å². The molecule has 0 fully saturated rings. The molecule has 84 valence electrons. The van der Waals surface area contributed by atoms with Crippen molar-refractivity contribution < 1.29 is 0 Å². The average molecular weight is 343 g/mol. The number of benzene rings is 1. The largest absolute Gasteiger partial charge is 0.298 e. The maximum Gasteiger partial charge on any atom is 0.0242 e. The fourth-order valence-corrected chi connectivity index (χ4v) is 2.67. The van der Waals surface area contributed by atoms with Gasteiger partial charge in [-0.2, -0.15) is 11.3 Å². The highest BCUT2D eigenvalue weighted by Gasteiger charge is 2.01. The first-order valence-corrected chi connectivity index (χ1v) is 7.20. The molecular formula is C13H14INS. The minimum Gasteiger partial charge on any atom is -0.298 e. The van der Waals surface area contributed by atoms with Crippen molar-refractivity contribution in [2.24, 2.45) is 0 Å². The Balaban J connectivity index is 1.92. The standard InChI is InChI=1S/C13H14INS/c1-15(9-12-6-7-16-10-12)8-11-2-4-13(14)5-3-11/h2-7,10H,8-9H2,1H3. The van der Waals surface area contributed by atoms with Crippen molar-refractivity contribution in [1.82, 2.24) is 4.90 Å². The summed E-state index contributed by atoms with van der Waals surface area (Å²) in [7, 11) is 2.16. The Labute approximate surface area is 114 Å². The molecule has 0 aliphatic heterocycles. The van der Waals surface area contributed by atoms with Gasteiger partial charge in [0.15, 0.2) is 0 Å². The summed E-state index contributed by atoms with van der Waals surface area (Å²) in [5.74, 6) is 0. The third-order valence-corrected chi connectivity index (χ3v) is 3.85. The van der Waals surface area contributed by atoms with Crippen LogP contribution in [0.5, 0.6) is 0 Å². The molecule has 0 unspecified atom stereocenters. The molecule has 0 atom stereocenters. The summed E-state index contributed by atoms with van der Waals surface area (Å²) in [6, 6.07) is 10.9. The lowest BCUT2D eigenvalue weighted by atomic mass is 10.2. The molecule has 2 aromatic rings. The summed E-state index contributed by atoms with van der Waals surface area (Å²) in [5.41, 5.74) is 2.77. The molecule has 0 saturated carbocycles. The monoisotopic (exact) mass is 343 g/mol. The fraction of sp³-hybridized carbons (Fsp3) is 0.231. The Hall–Kier alpha value is -0.390. The number of nitrogens with zero attached hydrogens (tertiary/aromatic N) is 1. The first kappa shape index (κ1) is 12.1. The van der Waals surface area contributed by atoms with E-state index in [-0.39, 0.29) is 0 Å². The Morgan fingerprint density at radius 2 is 1.75 bits per heavy atom. The number of halogens is 1. The smallest absolute Gasteiger partial charge is 0.0242 e. The Morgan fingerprint density at radius 3 is 2.38 bits per heavy atom. The zero-order valence-corrected chi connectivity index (χ0v) is 12.2. The highest BCUT2D eigenvalue weighted by molar-refractivity contribution is 14.1. The molecule has 1 aromatic carbocycles. The van der Waals surface area contributed by atoms with Crippen LogP contribution < -0.4 is 0 Å². The minimum absolute atomic E-state index is 1.01. The van der Waals surface area contributed by atoms with E-state index in [4.69, 9.17) is 0 Å². The normalized spacial score (nSPS) is 10.9. The van der Waals surface area contributed by atoms with E-state index < -0.39 is 0 Å². The maximum absolute atomic E-state index is 2.34. The third kappa shape index (κ3) is 3.57. The summed E-state index contributed by atoms with van der Waals surface area (Å²) in [4.78, 5) is 2.34. The molecule has 16 heavy (non-hydrogen) atoms. The zero-order valence-electron chi connectivity index (χ0n) is 9.19. The second-order valence-corrected chi connectivity index (χ2v) is 5.96. The molecule has 0 spiro atoms. The van der Waals surface area contributed by atoms with Gasteiger partial charge in [0.25, 0.3) is 0 Å². The van der Waals surface area contributed by atoms with Crippen LogP contribution >= 0.6 is 33.9 Å². The van der Waals surface area contributed by atoms with Crippen LogP contribution in [-0.2, 0) is 13.1 Å². The molecule has 0 aliphatic carbocycles. The van der Waals surface area contributed by atoms with E-state index in [0.29, 0.717) is 0 Å². The molecular weight excluding hydrogens is 329 g/mol. The van der Waals surface area contributed by atoms with Gasteiger partial charge in [-0.25, -0.2) is 0 Å². The molecule has 3 heteroatoms. The van der Waals surface area contributed by atoms with Gasteiger partial charge < -0.3 is 0 Å². The summed E-state index contributed by atoms with van der Waals surface area (Å²) in [6.45, 7) is 2.03. The summed E-state index contributed by atoms with van der Waals surface area (Å²) < 4.78 is 1.29. The van der Waals surface area contributed by atoms with Crippen LogP contribution in [0, 0.1) is 3.57 Å². The van der Waals surface area contributed by atoms with Gasteiger partial charge >= 0.3 is 0 Å². The van der Waals surface area contributed by atoms with Crippen LogP contribution in [0.4, 0.5) is 0 Å². The maximum atomic E-state index is 2.34. The van der Waals surface area contributed by atoms with E-state index in [2.05, 4.69) is 75.6 Å². The van der Waals surface area contributed by atoms with E-state index >= 15 is 0 Å². The van der Waals surface area contributed by atoms with Crippen molar-refractivity contribution in [2.45, 2.75) is 13.1 Å². The van der Waals surface area contributed by atoms with Crippen molar-refractivity contribution in [3.63, 3.8) is 0 Å². The van der Waals surface area contributed by atoms with Gasteiger partial charge in [0.1, 0.15) is 0 Å². The molecule has 1 heterocycles. The lowest BCUT2D eigenvalue weighted by Gasteiger charge is -2.15. The topological polar surface area (TPSA) is 3.24 Å². The summed E-state index contributed by atoms with van der Waals surface area (Å²) in [5, 5.41) is 4.35. The second kappa shape index (κ2) is 5.80. The number of hydrogen-bond donors (Lipinski definition) is 0. The minimum atomic E-state index is 1.01. The van der Waals surface area contributed by atoms with Crippen molar-refractivity contribution in [2.75, 3.05) is 7.05 Å². The molecule has 0 bridgehead atoms. The molecule has 1 nitrogen and oxygen atoms in total. The summed E-state index contributed by atoms with van der Waals surface area (Å²) in [6.07, 6.45) is 0. The number of rotatable bonds is 4. The Kier molecular flexibility index (Phi) is 4.37. The average Bonchev–Trinajstić information content (AvgIpc) is 2.74. The van der Waals surface area contributed by atoms with Crippen molar-refractivity contribution in [3.05, 3.63) is 55.8 Å². The van der Waals surface area contributed by atoms with Gasteiger partial charge in [0, 0.05) is 16.7 Å². The van der Waals surface area contributed by atoms with Crippen LogP contribution in [-0.4, -0.2) is 11.9 Å². The fourth-order valence-electron chi connectivity index (χ4n) is 1.65. The van der Waals surface area contributed by atoms with E-state index in [0.717, 1.165) is 13.1 Å². The SMILES string of the molecule is CN(Cc1ccc(I)cc1)Cc1ccsc1. The van der Waals surface area contributed by atoms with Gasteiger partial charge in [0.05, 0.1) is 0 Å². The first-order chi connectivity index (χ1) is 7.74. The molecule has 0 aliphatic rings. The molecule has 1 aromatic heterocycles. The van der Waals surface area contributed by atoms with Crippen LogP contribution in [0.15, 0.2) is 41.1 Å². The predicted octanol–water partition coefficient (Wildman–Crippen LogP) is 3.98. The zero-order chi connectivity index (χ0) is 11.4. The van der Waals surface area contributed by atoms with Gasteiger partial charge in [-0.15, -0.1) is 0 Å². The van der Waals surface area contributed by atoms with Gasteiger partial charge in [-0.3, -0.25) is 4.90 Å². The van der Waals surface area contributed by atoms with Gasteiger partial charge in [-0.05, 0) is 69.7 Å². The highest BCUT2D eigenvalue weighted by atomic mass is 127. The van der Waals surface area contributed by atoms with Crippen LogP contribution in [0.1, 0.15) is 11.1 Å². The first-order valence-electron chi connectivity index (χ1n) is 5.18. The van der Waals surface area contributed by atoms with E-state index in [9.17, 15) is 0 Å². The lowest BCUT2D eigenvalue weighted by Crippen LogP contribution is -2.16. The number of hydrogen-bond acceptors (Lipinski definition) is 2. The van der Waals surface area contributed by atoms with Crippen LogP contribution in [0.2, 0.25) is 0 Å².